The molecule has 0 aliphatic carbocycles. The maximum absolute atomic E-state index is 12.7. The van der Waals surface area contributed by atoms with E-state index in [9.17, 15) is 9.59 Å². The molecule has 2 aliphatic heterocycles. The molecule has 0 N–H and O–H groups in total. The molecule has 0 spiro atoms. The van der Waals surface area contributed by atoms with Gasteiger partial charge in [0.1, 0.15) is 6.10 Å². The first-order chi connectivity index (χ1) is 12.0. The Balaban J connectivity index is 1.57. The number of amides is 2. The van der Waals surface area contributed by atoms with Crippen molar-refractivity contribution < 1.29 is 14.3 Å². The number of hydrogen-bond donors (Lipinski definition) is 0. The summed E-state index contributed by atoms with van der Waals surface area (Å²) >= 11 is 0. The van der Waals surface area contributed by atoms with Crippen molar-refractivity contribution in [3.8, 4) is 5.75 Å². The highest BCUT2D eigenvalue weighted by molar-refractivity contribution is 5.81. The van der Waals surface area contributed by atoms with Crippen LogP contribution in [0.2, 0.25) is 0 Å². The fraction of sp³-hybridized carbons (Fsp3) is 0.611. The zero-order valence-corrected chi connectivity index (χ0v) is 15.1. The van der Waals surface area contributed by atoms with Crippen molar-refractivity contribution in [2.45, 2.75) is 25.9 Å². The van der Waals surface area contributed by atoms with E-state index >= 15 is 0 Å². The van der Waals surface area contributed by atoms with E-state index in [1.54, 1.807) is 18.0 Å². The summed E-state index contributed by atoms with van der Waals surface area (Å²) in [5.41, 5.74) is 0. The van der Waals surface area contributed by atoms with Gasteiger partial charge in [-0.1, -0.05) is 0 Å². The van der Waals surface area contributed by atoms with Crippen molar-refractivity contribution in [1.29, 1.82) is 0 Å². The van der Waals surface area contributed by atoms with E-state index in [0.717, 1.165) is 24.4 Å². The lowest BCUT2D eigenvalue weighted by molar-refractivity contribution is -0.134. The molecule has 0 aromatic carbocycles. The summed E-state index contributed by atoms with van der Waals surface area (Å²) < 4.78 is 6.11. The molecule has 3 heterocycles. The van der Waals surface area contributed by atoms with E-state index in [0.29, 0.717) is 26.2 Å². The number of nitrogens with zero attached hydrogens (tertiary/aromatic N) is 4. The lowest BCUT2D eigenvalue weighted by Gasteiger charge is -2.22. The second-order valence-corrected chi connectivity index (χ2v) is 6.98. The van der Waals surface area contributed by atoms with E-state index in [2.05, 4.69) is 4.98 Å². The molecular formula is C18H26N4O3. The normalized spacial score (nSPS) is 23.0. The number of hydrogen-bond acceptors (Lipinski definition) is 5. The van der Waals surface area contributed by atoms with Crippen molar-refractivity contribution in [3.63, 3.8) is 0 Å². The number of likely N-dealkylation sites (tertiary alicyclic amines) is 2. The van der Waals surface area contributed by atoms with Crippen LogP contribution >= 0.6 is 0 Å². The van der Waals surface area contributed by atoms with Gasteiger partial charge in [-0.05, 0) is 18.6 Å². The summed E-state index contributed by atoms with van der Waals surface area (Å²) in [6, 6.07) is 3.77. The van der Waals surface area contributed by atoms with Gasteiger partial charge < -0.3 is 19.4 Å². The van der Waals surface area contributed by atoms with Crippen LogP contribution in [-0.2, 0) is 9.59 Å². The minimum atomic E-state index is -0.0709. The topological polar surface area (TPSA) is 66.0 Å². The van der Waals surface area contributed by atoms with Gasteiger partial charge in [0, 0.05) is 53.3 Å². The molecule has 1 aromatic rings. The van der Waals surface area contributed by atoms with E-state index < -0.39 is 0 Å². The zero-order valence-electron chi connectivity index (χ0n) is 15.1. The SMILES string of the molecule is CC(=O)N1CC[C@H](C(=O)N2CC[C@H](Oc3cccnc3N(C)C)C2)C1. The lowest BCUT2D eigenvalue weighted by Crippen LogP contribution is -2.37. The van der Waals surface area contributed by atoms with Gasteiger partial charge in [-0.25, -0.2) is 4.98 Å². The van der Waals surface area contributed by atoms with Crippen LogP contribution in [-0.4, -0.2) is 73.0 Å². The Morgan fingerprint density at radius 2 is 1.96 bits per heavy atom. The van der Waals surface area contributed by atoms with E-state index in [-0.39, 0.29) is 23.8 Å². The van der Waals surface area contributed by atoms with Gasteiger partial charge in [0.15, 0.2) is 11.6 Å². The molecule has 2 aliphatic rings. The van der Waals surface area contributed by atoms with Crippen LogP contribution in [0.4, 0.5) is 5.82 Å². The van der Waals surface area contributed by atoms with Gasteiger partial charge in [-0.3, -0.25) is 9.59 Å². The fourth-order valence-corrected chi connectivity index (χ4v) is 3.52. The molecule has 0 radical (unpaired) electrons. The highest BCUT2D eigenvalue weighted by Crippen LogP contribution is 2.28. The van der Waals surface area contributed by atoms with Crippen molar-refractivity contribution in [2.24, 2.45) is 5.92 Å². The van der Waals surface area contributed by atoms with Crippen LogP contribution in [0.5, 0.6) is 5.75 Å². The predicted octanol–water partition coefficient (Wildman–Crippen LogP) is 0.996. The number of carbonyl (C=O) groups excluding carboxylic acids is 2. The Morgan fingerprint density at radius 3 is 2.64 bits per heavy atom. The molecule has 7 nitrogen and oxygen atoms in total. The molecule has 2 amide bonds. The Morgan fingerprint density at radius 1 is 1.20 bits per heavy atom. The highest BCUT2D eigenvalue weighted by Gasteiger charge is 2.36. The first kappa shape index (κ1) is 17.5. The third-order valence-electron chi connectivity index (χ3n) is 4.91. The molecule has 2 saturated heterocycles. The van der Waals surface area contributed by atoms with E-state index in [4.69, 9.17) is 4.74 Å². The molecular weight excluding hydrogens is 320 g/mol. The van der Waals surface area contributed by atoms with Crippen molar-refractivity contribution in [2.75, 3.05) is 45.2 Å². The molecule has 0 saturated carbocycles. The smallest absolute Gasteiger partial charge is 0.227 e. The fourth-order valence-electron chi connectivity index (χ4n) is 3.52. The summed E-state index contributed by atoms with van der Waals surface area (Å²) in [4.78, 5) is 34.0. The summed E-state index contributed by atoms with van der Waals surface area (Å²) in [5, 5.41) is 0. The largest absolute Gasteiger partial charge is 0.485 e. The van der Waals surface area contributed by atoms with Crippen LogP contribution in [0.1, 0.15) is 19.8 Å². The van der Waals surface area contributed by atoms with Gasteiger partial charge in [-0.15, -0.1) is 0 Å². The van der Waals surface area contributed by atoms with Gasteiger partial charge in [0.2, 0.25) is 11.8 Å². The first-order valence-electron chi connectivity index (χ1n) is 8.79. The lowest BCUT2D eigenvalue weighted by atomic mass is 10.1. The average Bonchev–Trinajstić information content (AvgIpc) is 3.24. The van der Waals surface area contributed by atoms with Crippen LogP contribution in [0, 0.1) is 5.92 Å². The van der Waals surface area contributed by atoms with Crippen molar-refractivity contribution in [3.05, 3.63) is 18.3 Å². The highest BCUT2D eigenvalue weighted by atomic mass is 16.5. The van der Waals surface area contributed by atoms with Gasteiger partial charge in [0.05, 0.1) is 12.5 Å². The third-order valence-corrected chi connectivity index (χ3v) is 4.91. The third kappa shape index (κ3) is 3.86. The number of anilines is 1. The average molecular weight is 346 g/mol. The standard InChI is InChI=1S/C18H26N4O3/c1-13(23)21-9-6-14(11-21)18(24)22-10-7-15(12-22)25-16-5-4-8-19-17(16)20(2)3/h4-5,8,14-15H,6-7,9-12H2,1-3H3/t14-,15-/m0/s1. The molecule has 2 atom stereocenters. The predicted molar refractivity (Wildman–Crippen MR) is 94.5 cm³/mol. The van der Waals surface area contributed by atoms with Crippen molar-refractivity contribution in [1.82, 2.24) is 14.8 Å². The first-order valence-corrected chi connectivity index (χ1v) is 8.79. The Bertz CT molecular complexity index is 649. The maximum atomic E-state index is 12.7. The van der Waals surface area contributed by atoms with E-state index in [1.807, 2.05) is 36.0 Å². The number of pyridine rings is 1. The van der Waals surface area contributed by atoms with Gasteiger partial charge in [0.25, 0.3) is 0 Å². The number of aromatic nitrogens is 1. The summed E-state index contributed by atoms with van der Waals surface area (Å²) in [6.07, 6.45) is 3.30. The molecule has 1 aromatic heterocycles. The second-order valence-electron chi connectivity index (χ2n) is 6.98. The molecule has 7 heteroatoms. The second kappa shape index (κ2) is 7.29. The van der Waals surface area contributed by atoms with Crippen LogP contribution in [0.25, 0.3) is 0 Å². The summed E-state index contributed by atoms with van der Waals surface area (Å²) in [7, 11) is 3.86. The Kier molecular flexibility index (Phi) is 5.11. The van der Waals surface area contributed by atoms with Crippen LogP contribution in [0.15, 0.2) is 18.3 Å². The minimum absolute atomic E-state index is 0.0165. The maximum Gasteiger partial charge on any atom is 0.227 e. The molecule has 0 unspecified atom stereocenters. The quantitative estimate of drug-likeness (QED) is 0.814. The molecule has 25 heavy (non-hydrogen) atoms. The Labute approximate surface area is 148 Å². The number of rotatable bonds is 4. The van der Waals surface area contributed by atoms with Gasteiger partial charge >= 0.3 is 0 Å². The van der Waals surface area contributed by atoms with Crippen LogP contribution < -0.4 is 9.64 Å². The number of ether oxygens (including phenoxy) is 1. The molecule has 136 valence electrons. The minimum Gasteiger partial charge on any atom is -0.485 e. The molecule has 2 fully saturated rings. The molecule has 3 rings (SSSR count). The Hall–Kier alpha value is -2.31. The van der Waals surface area contributed by atoms with Gasteiger partial charge in [-0.2, -0.15) is 0 Å². The van der Waals surface area contributed by atoms with Crippen LogP contribution in [0.3, 0.4) is 0 Å². The van der Waals surface area contributed by atoms with Crippen molar-refractivity contribution >= 4 is 17.6 Å². The summed E-state index contributed by atoms with van der Waals surface area (Å²) in [5.74, 6) is 1.66. The number of carbonyl (C=O) groups is 2. The van der Waals surface area contributed by atoms with E-state index in [1.165, 1.54) is 0 Å². The summed E-state index contributed by atoms with van der Waals surface area (Å²) in [6.45, 7) is 4.09. The zero-order chi connectivity index (χ0) is 18.0. The molecule has 0 bridgehead atoms. The monoisotopic (exact) mass is 346 g/mol.